The van der Waals surface area contributed by atoms with Crippen LogP contribution >= 0.6 is 0 Å². The first kappa shape index (κ1) is 14.7. The van der Waals surface area contributed by atoms with Gasteiger partial charge in [0.15, 0.2) is 0 Å². The molecule has 1 aromatic carbocycles. The number of nitrogens with zero attached hydrogens (tertiary/aromatic N) is 2. The third-order valence-corrected chi connectivity index (χ3v) is 4.85. The normalized spacial score (nSPS) is 12.1. The highest BCUT2D eigenvalue weighted by atomic mass is 32.2. The number of pyridine rings is 1. The van der Waals surface area contributed by atoms with E-state index in [9.17, 15) is 8.42 Å². The highest BCUT2D eigenvalue weighted by Crippen LogP contribution is 2.25. The summed E-state index contributed by atoms with van der Waals surface area (Å²) in [5.74, 6) is 0.556. The Kier molecular flexibility index (Phi) is 3.96. The van der Waals surface area contributed by atoms with Gasteiger partial charge in [0.2, 0.25) is 15.9 Å². The Hall–Kier alpha value is -1.66. The number of benzene rings is 1. The van der Waals surface area contributed by atoms with Crippen LogP contribution in [0.5, 0.6) is 5.88 Å². The molecule has 2 rings (SSSR count). The number of aromatic nitrogens is 1. The van der Waals surface area contributed by atoms with Crippen LogP contribution < -0.4 is 4.74 Å². The number of ether oxygens (including phenoxy) is 1. The maximum absolute atomic E-state index is 12.1. The largest absolute Gasteiger partial charge is 0.478 e. The number of rotatable bonds is 4. The van der Waals surface area contributed by atoms with E-state index in [1.54, 1.807) is 18.2 Å². The van der Waals surface area contributed by atoms with Gasteiger partial charge in [0.1, 0.15) is 0 Å². The van der Waals surface area contributed by atoms with Crippen molar-refractivity contribution < 1.29 is 13.2 Å². The molecule has 0 fully saturated rings. The monoisotopic (exact) mass is 294 g/mol. The molecule has 108 valence electrons. The van der Waals surface area contributed by atoms with E-state index in [4.69, 9.17) is 4.74 Å². The highest BCUT2D eigenvalue weighted by Gasteiger charge is 2.18. The second kappa shape index (κ2) is 5.38. The molecule has 0 unspecified atom stereocenters. The van der Waals surface area contributed by atoms with Crippen molar-refractivity contribution in [3.8, 4) is 5.88 Å². The molecule has 0 radical (unpaired) electrons. The molecule has 0 aliphatic carbocycles. The standard InChI is InChI=1S/C14H18N2O3S/c1-5-19-14-8-10(2)12-9-11(6-7-13(12)15-14)20(17,18)16(3)4/h6-9H,5H2,1-4H3. The molecule has 0 saturated carbocycles. The maximum atomic E-state index is 12.1. The first-order chi connectivity index (χ1) is 9.36. The Labute approximate surface area is 119 Å². The van der Waals surface area contributed by atoms with Crippen LogP contribution in [-0.2, 0) is 10.0 Å². The molecular formula is C14H18N2O3S. The molecule has 2 aromatic rings. The summed E-state index contributed by atoms with van der Waals surface area (Å²) in [5.41, 5.74) is 1.67. The first-order valence-electron chi connectivity index (χ1n) is 6.33. The Bertz CT molecular complexity index is 739. The second-order valence-electron chi connectivity index (χ2n) is 4.68. The zero-order valence-corrected chi connectivity index (χ0v) is 12.9. The lowest BCUT2D eigenvalue weighted by atomic mass is 10.1. The van der Waals surface area contributed by atoms with Gasteiger partial charge in [0.25, 0.3) is 0 Å². The molecule has 1 aromatic heterocycles. The third kappa shape index (κ3) is 2.62. The fourth-order valence-electron chi connectivity index (χ4n) is 1.94. The van der Waals surface area contributed by atoms with Gasteiger partial charge in [-0.3, -0.25) is 0 Å². The topological polar surface area (TPSA) is 59.5 Å². The predicted octanol–water partition coefficient (Wildman–Crippen LogP) is 2.19. The SMILES string of the molecule is CCOc1cc(C)c2cc(S(=O)(=O)N(C)C)ccc2n1. The van der Waals surface area contributed by atoms with Gasteiger partial charge < -0.3 is 4.74 Å². The molecule has 0 spiro atoms. The zero-order chi connectivity index (χ0) is 14.9. The van der Waals surface area contributed by atoms with E-state index >= 15 is 0 Å². The van der Waals surface area contributed by atoms with E-state index in [2.05, 4.69) is 4.98 Å². The number of fused-ring (bicyclic) bond motifs is 1. The number of hydrogen-bond donors (Lipinski definition) is 0. The second-order valence-corrected chi connectivity index (χ2v) is 6.83. The fraction of sp³-hybridized carbons (Fsp3) is 0.357. The first-order valence-corrected chi connectivity index (χ1v) is 7.77. The van der Waals surface area contributed by atoms with Crippen LogP contribution in [0.3, 0.4) is 0 Å². The van der Waals surface area contributed by atoms with Gasteiger partial charge >= 0.3 is 0 Å². The molecular weight excluding hydrogens is 276 g/mol. The summed E-state index contributed by atoms with van der Waals surface area (Å²) in [6.07, 6.45) is 0. The molecule has 6 heteroatoms. The number of hydrogen-bond acceptors (Lipinski definition) is 4. The molecule has 0 aliphatic heterocycles. The van der Waals surface area contributed by atoms with Crippen LogP contribution in [0.4, 0.5) is 0 Å². The Morgan fingerprint density at radius 2 is 1.95 bits per heavy atom. The summed E-state index contributed by atoms with van der Waals surface area (Å²) in [6.45, 7) is 4.36. The predicted molar refractivity (Wildman–Crippen MR) is 78.5 cm³/mol. The van der Waals surface area contributed by atoms with E-state index in [1.165, 1.54) is 18.4 Å². The minimum Gasteiger partial charge on any atom is -0.478 e. The van der Waals surface area contributed by atoms with Crippen LogP contribution in [0.25, 0.3) is 10.9 Å². The summed E-state index contributed by atoms with van der Waals surface area (Å²) >= 11 is 0. The highest BCUT2D eigenvalue weighted by molar-refractivity contribution is 7.89. The van der Waals surface area contributed by atoms with Gasteiger partial charge in [0, 0.05) is 25.5 Å². The van der Waals surface area contributed by atoms with Crippen LogP contribution in [0, 0.1) is 6.92 Å². The van der Waals surface area contributed by atoms with E-state index in [0.29, 0.717) is 12.5 Å². The fourth-order valence-corrected chi connectivity index (χ4v) is 2.86. The Morgan fingerprint density at radius 1 is 1.25 bits per heavy atom. The molecule has 20 heavy (non-hydrogen) atoms. The van der Waals surface area contributed by atoms with Gasteiger partial charge in [-0.1, -0.05) is 0 Å². The molecule has 0 aliphatic rings. The van der Waals surface area contributed by atoms with Crippen LogP contribution in [0.1, 0.15) is 12.5 Å². The minimum absolute atomic E-state index is 0.268. The molecule has 0 atom stereocenters. The molecule has 0 N–H and O–H groups in total. The molecule has 5 nitrogen and oxygen atoms in total. The van der Waals surface area contributed by atoms with Crippen molar-refractivity contribution in [2.45, 2.75) is 18.7 Å². The average molecular weight is 294 g/mol. The van der Waals surface area contributed by atoms with Gasteiger partial charge in [0.05, 0.1) is 17.0 Å². The average Bonchev–Trinajstić information content (AvgIpc) is 2.38. The quantitative estimate of drug-likeness (QED) is 0.867. The van der Waals surface area contributed by atoms with E-state index < -0.39 is 10.0 Å². The summed E-state index contributed by atoms with van der Waals surface area (Å²) in [6, 6.07) is 6.75. The van der Waals surface area contributed by atoms with Crippen LogP contribution in [0.2, 0.25) is 0 Å². The lowest BCUT2D eigenvalue weighted by molar-refractivity contribution is 0.328. The van der Waals surface area contributed by atoms with Crippen LogP contribution in [0.15, 0.2) is 29.2 Å². The Balaban J connectivity index is 2.61. The van der Waals surface area contributed by atoms with Gasteiger partial charge in [-0.05, 0) is 37.6 Å². The lowest BCUT2D eigenvalue weighted by Crippen LogP contribution is -2.22. The zero-order valence-electron chi connectivity index (χ0n) is 12.0. The van der Waals surface area contributed by atoms with Crippen molar-refractivity contribution in [1.82, 2.24) is 9.29 Å². The van der Waals surface area contributed by atoms with Gasteiger partial charge in [-0.25, -0.2) is 17.7 Å². The maximum Gasteiger partial charge on any atom is 0.242 e. The summed E-state index contributed by atoms with van der Waals surface area (Å²) < 4.78 is 30.9. The molecule has 0 bridgehead atoms. The lowest BCUT2D eigenvalue weighted by Gasteiger charge is -2.13. The van der Waals surface area contributed by atoms with E-state index in [0.717, 1.165) is 16.5 Å². The third-order valence-electron chi connectivity index (χ3n) is 3.03. The van der Waals surface area contributed by atoms with Crippen molar-refractivity contribution in [3.63, 3.8) is 0 Å². The summed E-state index contributed by atoms with van der Waals surface area (Å²) in [5, 5.41) is 0.816. The molecule has 0 amide bonds. The summed E-state index contributed by atoms with van der Waals surface area (Å²) in [4.78, 5) is 4.63. The van der Waals surface area contributed by atoms with E-state index in [1.807, 2.05) is 19.9 Å². The molecule has 0 saturated heterocycles. The van der Waals surface area contributed by atoms with E-state index in [-0.39, 0.29) is 4.90 Å². The molecule has 1 heterocycles. The van der Waals surface area contributed by atoms with Crippen molar-refractivity contribution in [3.05, 3.63) is 29.8 Å². The van der Waals surface area contributed by atoms with Crippen molar-refractivity contribution in [2.24, 2.45) is 0 Å². The van der Waals surface area contributed by atoms with Gasteiger partial charge in [-0.2, -0.15) is 0 Å². The van der Waals surface area contributed by atoms with Crippen molar-refractivity contribution >= 4 is 20.9 Å². The Morgan fingerprint density at radius 3 is 2.55 bits per heavy atom. The van der Waals surface area contributed by atoms with Gasteiger partial charge in [-0.15, -0.1) is 0 Å². The van der Waals surface area contributed by atoms with Crippen molar-refractivity contribution in [1.29, 1.82) is 0 Å². The van der Waals surface area contributed by atoms with Crippen LogP contribution in [-0.4, -0.2) is 38.4 Å². The minimum atomic E-state index is -3.43. The smallest absolute Gasteiger partial charge is 0.242 e. The number of aryl methyl sites for hydroxylation is 1. The van der Waals surface area contributed by atoms with Crippen molar-refractivity contribution in [2.75, 3.05) is 20.7 Å². The number of sulfonamides is 1. The summed E-state index contributed by atoms with van der Waals surface area (Å²) in [7, 11) is -0.398.